The molecule has 2 aromatic heterocycles. The van der Waals surface area contributed by atoms with Gasteiger partial charge in [-0.25, -0.2) is 13.8 Å². The van der Waals surface area contributed by atoms with Gasteiger partial charge in [0.1, 0.15) is 11.6 Å². The topological polar surface area (TPSA) is 97.2 Å². The Balaban J connectivity index is 1.06. The van der Waals surface area contributed by atoms with E-state index in [4.69, 9.17) is 14.7 Å². The number of imidazole rings is 1. The fourth-order valence-electron chi connectivity index (χ4n) is 6.41. The third kappa shape index (κ3) is 5.90. The lowest BCUT2D eigenvalue weighted by molar-refractivity contribution is -0.123. The number of anilines is 2. The van der Waals surface area contributed by atoms with Crippen LogP contribution in [0.3, 0.4) is 0 Å². The van der Waals surface area contributed by atoms with Crippen molar-refractivity contribution in [2.75, 3.05) is 36.5 Å². The molecule has 2 aromatic carbocycles. The Morgan fingerprint density at radius 1 is 0.884 bits per heavy atom. The molecular weight excluding hydrogens is 552 g/mol. The number of amides is 1. The Labute approximate surface area is 248 Å². The first kappa shape index (κ1) is 27.7. The number of nitrogens with one attached hydrogen (secondary N) is 2. The summed E-state index contributed by atoms with van der Waals surface area (Å²) in [5, 5.41) is 6.76. The lowest BCUT2D eigenvalue weighted by Crippen LogP contribution is -2.41. The van der Waals surface area contributed by atoms with Crippen LogP contribution in [0.15, 0.2) is 60.7 Å². The molecule has 0 unspecified atom stereocenters. The number of benzene rings is 2. The molecule has 3 fully saturated rings. The minimum atomic E-state index is -2.77. The number of alkyl halides is 2. The van der Waals surface area contributed by atoms with Crippen molar-refractivity contribution in [2.24, 2.45) is 5.92 Å². The second-order valence-electron chi connectivity index (χ2n) is 11.7. The maximum absolute atomic E-state index is 14.2. The van der Waals surface area contributed by atoms with Crippen LogP contribution in [-0.2, 0) is 9.53 Å². The third-order valence-corrected chi connectivity index (χ3v) is 8.81. The predicted octanol–water partition coefficient (Wildman–Crippen LogP) is 5.23. The maximum Gasteiger partial charge on any atom is 0.296 e. The molecule has 2 atom stereocenters. The molecule has 224 valence electrons. The van der Waals surface area contributed by atoms with Crippen molar-refractivity contribution in [1.82, 2.24) is 24.8 Å². The average molecular weight is 588 g/mol. The van der Waals surface area contributed by atoms with E-state index in [1.165, 1.54) is 10.1 Å². The number of nitrogens with zero attached hydrogens (tertiary/aromatic N) is 5. The summed E-state index contributed by atoms with van der Waals surface area (Å²) in [6.07, 6.45) is 1.52. The zero-order valence-corrected chi connectivity index (χ0v) is 23.8. The largest absolute Gasteiger partial charge is 0.378 e. The second-order valence-corrected chi connectivity index (χ2v) is 11.7. The van der Waals surface area contributed by atoms with Crippen molar-refractivity contribution in [1.29, 1.82) is 0 Å². The van der Waals surface area contributed by atoms with Gasteiger partial charge in [-0.2, -0.15) is 9.97 Å². The standard InChI is InChI=1S/C32H35F2N7O2/c33-29(34)30-37-25-8-4-5-9-26(25)41(30)28-19-27(40-14-16-43-17-15-40)38-32(39-28)36-22-12-10-21(11-13-22)35-31(42)24-18-23(24)20-6-2-1-3-7-20/h1-9,19,21-24,29H,10-18H2,(H,35,42)(H,36,38,39)/t21?,22?,23-,24+/m0/s1. The number of rotatable bonds is 8. The zero-order chi connectivity index (χ0) is 29.3. The molecule has 0 spiro atoms. The smallest absolute Gasteiger partial charge is 0.296 e. The highest BCUT2D eigenvalue weighted by atomic mass is 19.3. The Hall–Kier alpha value is -4.12. The monoisotopic (exact) mass is 587 g/mol. The molecular formula is C32H35F2N7O2. The predicted molar refractivity (Wildman–Crippen MR) is 160 cm³/mol. The molecule has 3 heterocycles. The second kappa shape index (κ2) is 11.9. The summed E-state index contributed by atoms with van der Waals surface area (Å²) in [6, 6.07) is 19.3. The normalized spacial score (nSPS) is 23.8. The van der Waals surface area contributed by atoms with E-state index in [1.807, 2.05) is 18.2 Å². The van der Waals surface area contributed by atoms with Crippen molar-refractivity contribution >= 4 is 28.7 Å². The number of fused-ring (bicyclic) bond motifs is 1. The van der Waals surface area contributed by atoms with Gasteiger partial charge in [0.2, 0.25) is 11.9 Å². The third-order valence-electron chi connectivity index (χ3n) is 8.81. The number of halogens is 2. The van der Waals surface area contributed by atoms with Crippen molar-refractivity contribution in [3.63, 3.8) is 0 Å². The van der Waals surface area contributed by atoms with Gasteiger partial charge >= 0.3 is 0 Å². The molecule has 3 aliphatic rings. The molecule has 0 bridgehead atoms. The van der Waals surface area contributed by atoms with Gasteiger partial charge < -0.3 is 20.3 Å². The molecule has 9 nitrogen and oxygen atoms in total. The minimum Gasteiger partial charge on any atom is -0.378 e. The van der Waals surface area contributed by atoms with Crippen molar-refractivity contribution in [3.8, 4) is 5.82 Å². The summed E-state index contributed by atoms with van der Waals surface area (Å²) in [5.74, 6) is 1.59. The van der Waals surface area contributed by atoms with Gasteiger partial charge in [0.25, 0.3) is 6.43 Å². The van der Waals surface area contributed by atoms with E-state index in [0.29, 0.717) is 60.8 Å². The number of para-hydroxylation sites is 2. The van der Waals surface area contributed by atoms with Crippen molar-refractivity contribution < 1.29 is 18.3 Å². The van der Waals surface area contributed by atoms with Crippen LogP contribution in [0, 0.1) is 5.92 Å². The van der Waals surface area contributed by atoms with Crippen LogP contribution in [0.25, 0.3) is 16.9 Å². The van der Waals surface area contributed by atoms with Gasteiger partial charge in [-0.1, -0.05) is 42.5 Å². The van der Waals surface area contributed by atoms with Crippen LogP contribution in [0.1, 0.15) is 55.8 Å². The van der Waals surface area contributed by atoms with Crippen molar-refractivity contribution in [2.45, 2.75) is 56.5 Å². The number of morpholine rings is 1. The fraction of sp³-hybridized carbons (Fsp3) is 0.438. The van der Waals surface area contributed by atoms with Crippen molar-refractivity contribution in [3.05, 3.63) is 72.1 Å². The highest BCUT2D eigenvalue weighted by Crippen LogP contribution is 2.47. The van der Waals surface area contributed by atoms with Gasteiger partial charge in [-0.15, -0.1) is 0 Å². The van der Waals surface area contributed by atoms with E-state index in [9.17, 15) is 13.6 Å². The number of carbonyl (C=O) groups excluding carboxylic acids is 1. The van der Waals surface area contributed by atoms with E-state index in [2.05, 4.69) is 32.7 Å². The molecule has 0 radical (unpaired) electrons. The van der Waals surface area contributed by atoms with Crippen LogP contribution in [0.4, 0.5) is 20.5 Å². The molecule has 11 heteroatoms. The van der Waals surface area contributed by atoms with Gasteiger partial charge in [-0.05, 0) is 55.7 Å². The highest BCUT2D eigenvalue weighted by molar-refractivity contribution is 5.83. The van der Waals surface area contributed by atoms with E-state index < -0.39 is 6.43 Å². The lowest BCUT2D eigenvalue weighted by atomic mass is 9.91. The zero-order valence-electron chi connectivity index (χ0n) is 23.8. The SMILES string of the molecule is O=C(NC1CCC(Nc2nc(N3CCOCC3)cc(-n3c(C(F)F)nc4ccccc43)n2)CC1)[C@@H]1C[C@H]1c1ccccc1. The van der Waals surface area contributed by atoms with E-state index in [0.717, 1.165) is 32.1 Å². The fourth-order valence-corrected chi connectivity index (χ4v) is 6.41. The van der Waals surface area contributed by atoms with Crippen LogP contribution >= 0.6 is 0 Å². The number of aromatic nitrogens is 4. The van der Waals surface area contributed by atoms with Crippen LogP contribution < -0.4 is 15.5 Å². The summed E-state index contributed by atoms with van der Waals surface area (Å²) in [5.41, 5.74) is 2.29. The summed E-state index contributed by atoms with van der Waals surface area (Å²) in [6.45, 7) is 2.44. The summed E-state index contributed by atoms with van der Waals surface area (Å²) < 4.78 is 35.3. The molecule has 4 aromatic rings. The van der Waals surface area contributed by atoms with Gasteiger partial charge in [-0.3, -0.25) is 9.36 Å². The van der Waals surface area contributed by atoms with E-state index >= 15 is 0 Å². The van der Waals surface area contributed by atoms with Crippen LogP contribution in [0.2, 0.25) is 0 Å². The number of ether oxygens (including phenoxy) is 1. The van der Waals surface area contributed by atoms with Gasteiger partial charge in [0.05, 0.1) is 24.2 Å². The number of carbonyl (C=O) groups is 1. The summed E-state index contributed by atoms with van der Waals surface area (Å²) in [7, 11) is 0. The van der Waals surface area contributed by atoms with Crippen LogP contribution in [0.5, 0.6) is 0 Å². The summed E-state index contributed by atoms with van der Waals surface area (Å²) in [4.78, 5) is 28.8. The first-order chi connectivity index (χ1) is 21.0. The maximum atomic E-state index is 14.2. The lowest BCUT2D eigenvalue weighted by Gasteiger charge is -2.31. The van der Waals surface area contributed by atoms with Crippen LogP contribution in [-0.4, -0.2) is 63.8 Å². The molecule has 2 N–H and O–H groups in total. The van der Waals surface area contributed by atoms with Gasteiger partial charge in [0, 0.05) is 37.2 Å². The minimum absolute atomic E-state index is 0.0605. The first-order valence-electron chi connectivity index (χ1n) is 15.1. The highest BCUT2D eigenvalue weighted by Gasteiger charge is 2.44. The van der Waals surface area contributed by atoms with E-state index in [-0.39, 0.29) is 29.7 Å². The van der Waals surface area contributed by atoms with Gasteiger partial charge in [0.15, 0.2) is 5.82 Å². The number of hydrogen-bond donors (Lipinski definition) is 2. The Bertz CT molecular complexity index is 1580. The molecule has 1 aliphatic heterocycles. The molecule has 7 rings (SSSR count). The first-order valence-corrected chi connectivity index (χ1v) is 15.1. The molecule has 1 amide bonds. The number of hydrogen-bond acceptors (Lipinski definition) is 7. The molecule has 43 heavy (non-hydrogen) atoms. The average Bonchev–Trinajstić information content (AvgIpc) is 3.75. The molecule has 1 saturated heterocycles. The van der Waals surface area contributed by atoms with E-state index in [1.54, 1.807) is 30.3 Å². The molecule has 2 saturated carbocycles. The molecule has 2 aliphatic carbocycles. The quantitative estimate of drug-likeness (QED) is 0.291. The summed E-state index contributed by atoms with van der Waals surface area (Å²) >= 11 is 0. The Morgan fingerprint density at radius 2 is 1.58 bits per heavy atom. The Kier molecular flexibility index (Phi) is 7.65. The Morgan fingerprint density at radius 3 is 2.35 bits per heavy atom.